The second-order valence-corrected chi connectivity index (χ2v) is 4.70. The maximum atomic E-state index is 9.78. The average molecular weight is 290 g/mol. The highest BCUT2D eigenvalue weighted by atomic mass is 16.3. The van der Waals surface area contributed by atoms with E-state index in [9.17, 15) is 5.11 Å². The fourth-order valence-electron chi connectivity index (χ4n) is 2.09. The number of rotatable bonds is 4. The third kappa shape index (κ3) is 3.32. The lowest BCUT2D eigenvalue weighted by Crippen LogP contribution is -2.05. The zero-order chi connectivity index (χ0) is 15.2. The SMILES string of the molecule is Oc1nnccc1/N=C(/Cc1ccccc1)c1ccncc1. The van der Waals surface area contributed by atoms with Crippen molar-refractivity contribution in [2.75, 3.05) is 0 Å². The molecule has 5 nitrogen and oxygen atoms in total. The standard InChI is InChI=1S/C17H14N4O/c22-17-15(8-11-19-21-17)20-16(14-6-9-18-10-7-14)12-13-4-2-1-3-5-13/h1-11H,12H2,(H,21,22)/b20-16-. The van der Waals surface area contributed by atoms with Gasteiger partial charge in [0.2, 0.25) is 0 Å². The maximum Gasteiger partial charge on any atom is 0.257 e. The molecule has 0 radical (unpaired) electrons. The number of aromatic hydroxyl groups is 1. The number of aliphatic imine (C=N–C) groups is 1. The summed E-state index contributed by atoms with van der Waals surface area (Å²) in [6.07, 6.45) is 5.60. The summed E-state index contributed by atoms with van der Waals surface area (Å²) in [5.74, 6) is -0.179. The molecular weight excluding hydrogens is 276 g/mol. The van der Waals surface area contributed by atoms with Crippen LogP contribution in [0.4, 0.5) is 5.69 Å². The second kappa shape index (κ2) is 6.58. The summed E-state index contributed by atoms with van der Waals surface area (Å²) in [6.45, 7) is 0. The van der Waals surface area contributed by atoms with Crippen LogP contribution in [0.2, 0.25) is 0 Å². The fourth-order valence-corrected chi connectivity index (χ4v) is 2.09. The van der Waals surface area contributed by atoms with Gasteiger partial charge in [-0.1, -0.05) is 30.3 Å². The molecule has 0 aliphatic carbocycles. The summed E-state index contributed by atoms with van der Waals surface area (Å²) in [5.41, 5.74) is 3.32. The molecule has 0 fully saturated rings. The van der Waals surface area contributed by atoms with Crippen LogP contribution in [0.5, 0.6) is 5.88 Å². The summed E-state index contributed by atoms with van der Waals surface area (Å²) in [7, 11) is 0. The van der Waals surface area contributed by atoms with Crippen LogP contribution in [0.3, 0.4) is 0 Å². The van der Waals surface area contributed by atoms with Gasteiger partial charge in [-0.05, 0) is 29.3 Å². The highest BCUT2D eigenvalue weighted by molar-refractivity contribution is 6.03. The molecule has 1 aromatic carbocycles. The first-order chi connectivity index (χ1) is 10.8. The molecule has 3 rings (SSSR count). The number of nitrogens with zero attached hydrogens (tertiary/aromatic N) is 4. The van der Waals surface area contributed by atoms with Crippen molar-refractivity contribution in [3.05, 3.63) is 78.2 Å². The number of benzene rings is 1. The van der Waals surface area contributed by atoms with E-state index in [1.165, 1.54) is 6.20 Å². The highest BCUT2D eigenvalue weighted by Gasteiger charge is 2.08. The Morgan fingerprint density at radius 3 is 2.45 bits per heavy atom. The lowest BCUT2D eigenvalue weighted by atomic mass is 10.0. The van der Waals surface area contributed by atoms with E-state index in [1.54, 1.807) is 18.5 Å². The first-order valence-corrected chi connectivity index (χ1v) is 6.85. The van der Waals surface area contributed by atoms with E-state index in [2.05, 4.69) is 20.2 Å². The van der Waals surface area contributed by atoms with Gasteiger partial charge in [-0.3, -0.25) is 4.98 Å². The van der Waals surface area contributed by atoms with Gasteiger partial charge in [0.15, 0.2) is 0 Å². The minimum Gasteiger partial charge on any atom is -0.491 e. The molecule has 2 heterocycles. The summed E-state index contributed by atoms with van der Waals surface area (Å²) in [4.78, 5) is 8.59. The molecule has 0 aliphatic rings. The van der Waals surface area contributed by atoms with E-state index in [0.717, 1.165) is 16.8 Å². The van der Waals surface area contributed by atoms with Gasteiger partial charge in [0.05, 0.1) is 11.9 Å². The number of pyridine rings is 1. The third-order valence-electron chi connectivity index (χ3n) is 3.16. The van der Waals surface area contributed by atoms with E-state index >= 15 is 0 Å². The summed E-state index contributed by atoms with van der Waals surface area (Å²) in [5, 5.41) is 17.0. The number of aromatic nitrogens is 3. The van der Waals surface area contributed by atoms with Gasteiger partial charge in [0.25, 0.3) is 5.88 Å². The van der Waals surface area contributed by atoms with Gasteiger partial charge in [-0.15, -0.1) is 5.10 Å². The van der Waals surface area contributed by atoms with Crippen LogP contribution >= 0.6 is 0 Å². The molecule has 22 heavy (non-hydrogen) atoms. The Kier molecular flexibility index (Phi) is 4.15. The zero-order valence-electron chi connectivity index (χ0n) is 11.8. The Morgan fingerprint density at radius 2 is 1.73 bits per heavy atom. The molecule has 0 amide bonds. The van der Waals surface area contributed by atoms with Crippen molar-refractivity contribution in [1.82, 2.24) is 15.2 Å². The van der Waals surface area contributed by atoms with Gasteiger partial charge in [-0.25, -0.2) is 4.99 Å². The van der Waals surface area contributed by atoms with Crippen molar-refractivity contribution in [3.8, 4) is 5.88 Å². The molecule has 5 heteroatoms. The number of hydrogen-bond acceptors (Lipinski definition) is 5. The molecule has 0 saturated carbocycles. The van der Waals surface area contributed by atoms with Crippen molar-refractivity contribution in [1.29, 1.82) is 0 Å². The van der Waals surface area contributed by atoms with Crippen LogP contribution in [-0.4, -0.2) is 26.0 Å². The van der Waals surface area contributed by atoms with E-state index in [-0.39, 0.29) is 5.88 Å². The topological polar surface area (TPSA) is 71.3 Å². The van der Waals surface area contributed by atoms with Crippen molar-refractivity contribution in [2.24, 2.45) is 4.99 Å². The van der Waals surface area contributed by atoms with Crippen molar-refractivity contribution in [3.63, 3.8) is 0 Å². The zero-order valence-corrected chi connectivity index (χ0v) is 11.8. The summed E-state index contributed by atoms with van der Waals surface area (Å²) >= 11 is 0. The van der Waals surface area contributed by atoms with E-state index in [4.69, 9.17) is 0 Å². The molecule has 0 saturated heterocycles. The highest BCUT2D eigenvalue weighted by Crippen LogP contribution is 2.23. The Morgan fingerprint density at radius 1 is 0.955 bits per heavy atom. The van der Waals surface area contributed by atoms with Gasteiger partial charge < -0.3 is 5.11 Å². The van der Waals surface area contributed by atoms with Crippen molar-refractivity contribution >= 4 is 11.4 Å². The van der Waals surface area contributed by atoms with Crippen molar-refractivity contribution < 1.29 is 5.11 Å². The lowest BCUT2D eigenvalue weighted by molar-refractivity contribution is 0.447. The van der Waals surface area contributed by atoms with E-state index in [0.29, 0.717) is 12.1 Å². The van der Waals surface area contributed by atoms with Gasteiger partial charge >= 0.3 is 0 Å². The Labute approximate surface area is 128 Å². The van der Waals surface area contributed by atoms with E-state index in [1.807, 2.05) is 42.5 Å². The fraction of sp³-hybridized carbons (Fsp3) is 0.0588. The minimum absolute atomic E-state index is 0.179. The van der Waals surface area contributed by atoms with Crippen LogP contribution in [0, 0.1) is 0 Å². The molecule has 1 N–H and O–H groups in total. The van der Waals surface area contributed by atoms with Crippen LogP contribution in [0.25, 0.3) is 0 Å². The molecule has 108 valence electrons. The molecule has 2 aromatic heterocycles. The molecule has 0 aliphatic heterocycles. The number of hydrogen-bond donors (Lipinski definition) is 1. The normalized spacial score (nSPS) is 11.4. The second-order valence-electron chi connectivity index (χ2n) is 4.70. The van der Waals surface area contributed by atoms with Crippen molar-refractivity contribution in [2.45, 2.75) is 6.42 Å². The smallest absolute Gasteiger partial charge is 0.257 e. The molecule has 0 unspecified atom stereocenters. The first kappa shape index (κ1) is 13.9. The molecule has 0 atom stereocenters. The van der Waals surface area contributed by atoms with Gasteiger partial charge in [-0.2, -0.15) is 5.10 Å². The quantitative estimate of drug-likeness (QED) is 0.750. The monoisotopic (exact) mass is 290 g/mol. The largest absolute Gasteiger partial charge is 0.491 e. The third-order valence-corrected chi connectivity index (χ3v) is 3.16. The molecule has 0 spiro atoms. The van der Waals surface area contributed by atoms with Gasteiger partial charge in [0, 0.05) is 18.8 Å². The Balaban J connectivity index is 2.02. The molecule has 3 aromatic rings. The molecule has 0 bridgehead atoms. The summed E-state index contributed by atoms with van der Waals surface area (Å²) in [6, 6.07) is 15.5. The Hall–Kier alpha value is -3.08. The first-order valence-electron chi connectivity index (χ1n) is 6.85. The molecular formula is C17H14N4O. The Bertz CT molecular complexity index is 773. The minimum atomic E-state index is -0.179. The van der Waals surface area contributed by atoms with E-state index < -0.39 is 0 Å². The predicted octanol–water partition coefficient (Wildman–Crippen LogP) is 2.94. The van der Waals surface area contributed by atoms with Crippen LogP contribution in [0.1, 0.15) is 11.1 Å². The summed E-state index contributed by atoms with van der Waals surface area (Å²) < 4.78 is 0. The van der Waals surface area contributed by atoms with Crippen LogP contribution in [0.15, 0.2) is 72.1 Å². The lowest BCUT2D eigenvalue weighted by Gasteiger charge is -2.07. The predicted molar refractivity (Wildman–Crippen MR) is 84.3 cm³/mol. The van der Waals surface area contributed by atoms with Gasteiger partial charge in [0.1, 0.15) is 5.69 Å². The van der Waals surface area contributed by atoms with Crippen LogP contribution < -0.4 is 0 Å². The van der Waals surface area contributed by atoms with Crippen LogP contribution in [-0.2, 0) is 6.42 Å². The maximum absolute atomic E-state index is 9.78. The average Bonchev–Trinajstić information content (AvgIpc) is 2.58.